The lowest BCUT2D eigenvalue weighted by Gasteiger charge is -2.49. The Labute approximate surface area is 130 Å². The normalized spacial score (nSPS) is 25.1. The minimum absolute atomic E-state index is 0.0534. The number of nitrogens with zero attached hydrogens (tertiary/aromatic N) is 2. The topological polar surface area (TPSA) is 66.9 Å². The van der Waals surface area contributed by atoms with Gasteiger partial charge in [0.15, 0.2) is 0 Å². The van der Waals surface area contributed by atoms with E-state index < -0.39 is 0 Å². The molecule has 1 aliphatic carbocycles. The van der Waals surface area contributed by atoms with Crippen LogP contribution in [0.25, 0.3) is 0 Å². The van der Waals surface area contributed by atoms with E-state index >= 15 is 0 Å². The fourth-order valence-corrected chi connectivity index (χ4v) is 3.96. The zero-order chi connectivity index (χ0) is 15.6. The van der Waals surface area contributed by atoms with Gasteiger partial charge in [-0.2, -0.15) is 0 Å². The molecule has 1 saturated carbocycles. The molecule has 0 atom stereocenters. The van der Waals surface area contributed by atoms with Crippen LogP contribution < -0.4 is 0 Å². The lowest BCUT2D eigenvalue weighted by atomic mass is 9.80. The monoisotopic (exact) mass is 308 g/mol. The molecule has 3 aliphatic rings. The Bertz CT molecular complexity index is 447. The molecule has 0 aromatic rings. The highest BCUT2D eigenvalue weighted by Crippen LogP contribution is 2.36. The number of imide groups is 1. The number of hydrogen-bond donors (Lipinski definition) is 0. The average molecular weight is 308 g/mol. The van der Waals surface area contributed by atoms with Gasteiger partial charge in [0.25, 0.3) is 0 Å². The number of morpholine rings is 1. The van der Waals surface area contributed by atoms with E-state index in [2.05, 4.69) is 0 Å². The van der Waals surface area contributed by atoms with Crippen LogP contribution >= 0.6 is 0 Å². The first-order valence-electron chi connectivity index (χ1n) is 8.34. The van der Waals surface area contributed by atoms with E-state index in [1.165, 1.54) is 11.3 Å². The SMILES string of the molecule is O=C1CCC(=O)N1CCC(=O)N1CCOCC12CCCCC2. The lowest BCUT2D eigenvalue weighted by Crippen LogP contribution is -2.60. The van der Waals surface area contributed by atoms with Crippen molar-refractivity contribution in [1.82, 2.24) is 9.80 Å². The second-order valence-electron chi connectivity index (χ2n) is 6.57. The standard InChI is InChI=1S/C16H24N2O4/c19-13-4-5-14(20)17(13)9-6-15(21)18-10-11-22-12-16(18)7-2-1-3-8-16/h1-12H2. The first kappa shape index (κ1) is 15.5. The summed E-state index contributed by atoms with van der Waals surface area (Å²) in [7, 11) is 0. The molecule has 122 valence electrons. The number of rotatable bonds is 3. The number of likely N-dealkylation sites (tertiary alicyclic amines) is 1. The van der Waals surface area contributed by atoms with E-state index in [1.807, 2.05) is 4.90 Å². The molecule has 1 spiro atoms. The van der Waals surface area contributed by atoms with Crippen LogP contribution in [0.15, 0.2) is 0 Å². The third-order valence-corrected chi connectivity index (χ3v) is 5.19. The maximum atomic E-state index is 12.7. The molecule has 22 heavy (non-hydrogen) atoms. The van der Waals surface area contributed by atoms with Gasteiger partial charge < -0.3 is 9.64 Å². The van der Waals surface area contributed by atoms with Gasteiger partial charge in [-0.1, -0.05) is 19.3 Å². The van der Waals surface area contributed by atoms with E-state index in [-0.39, 0.29) is 49.1 Å². The molecule has 6 nitrogen and oxygen atoms in total. The van der Waals surface area contributed by atoms with Crippen LogP contribution in [0.5, 0.6) is 0 Å². The molecule has 3 rings (SSSR count). The minimum Gasteiger partial charge on any atom is -0.377 e. The zero-order valence-corrected chi connectivity index (χ0v) is 13.0. The van der Waals surface area contributed by atoms with Crippen molar-refractivity contribution in [1.29, 1.82) is 0 Å². The number of hydrogen-bond acceptors (Lipinski definition) is 4. The maximum Gasteiger partial charge on any atom is 0.229 e. The van der Waals surface area contributed by atoms with Crippen LogP contribution in [0.1, 0.15) is 51.4 Å². The minimum atomic E-state index is -0.146. The lowest BCUT2D eigenvalue weighted by molar-refractivity contribution is -0.153. The van der Waals surface area contributed by atoms with Crippen molar-refractivity contribution in [2.45, 2.75) is 56.9 Å². The van der Waals surface area contributed by atoms with Gasteiger partial charge in [0.2, 0.25) is 17.7 Å². The summed E-state index contributed by atoms with van der Waals surface area (Å²) in [5, 5.41) is 0. The Morgan fingerprint density at radius 2 is 1.77 bits per heavy atom. The Morgan fingerprint density at radius 3 is 2.45 bits per heavy atom. The first-order chi connectivity index (χ1) is 10.6. The van der Waals surface area contributed by atoms with Crippen LogP contribution in [0.4, 0.5) is 0 Å². The highest BCUT2D eigenvalue weighted by Gasteiger charge is 2.43. The molecule has 6 heteroatoms. The van der Waals surface area contributed by atoms with E-state index in [9.17, 15) is 14.4 Å². The fourth-order valence-electron chi connectivity index (χ4n) is 3.96. The number of amides is 3. The number of carbonyl (C=O) groups is 3. The first-order valence-corrected chi connectivity index (χ1v) is 8.34. The van der Waals surface area contributed by atoms with Crippen LogP contribution in [-0.2, 0) is 19.1 Å². The molecular weight excluding hydrogens is 284 g/mol. The van der Waals surface area contributed by atoms with Crippen molar-refractivity contribution in [2.24, 2.45) is 0 Å². The summed E-state index contributed by atoms with van der Waals surface area (Å²) >= 11 is 0. The van der Waals surface area contributed by atoms with Gasteiger partial charge in [-0.05, 0) is 12.8 Å². The highest BCUT2D eigenvalue weighted by atomic mass is 16.5. The molecule has 0 radical (unpaired) electrons. The fraction of sp³-hybridized carbons (Fsp3) is 0.812. The second-order valence-corrected chi connectivity index (χ2v) is 6.57. The van der Waals surface area contributed by atoms with E-state index in [1.54, 1.807) is 0 Å². The van der Waals surface area contributed by atoms with Crippen LogP contribution in [-0.4, -0.2) is 59.4 Å². The molecule has 0 N–H and O–H groups in total. The molecule has 2 heterocycles. The third kappa shape index (κ3) is 2.89. The van der Waals surface area contributed by atoms with Gasteiger partial charge in [0.05, 0.1) is 18.8 Å². The van der Waals surface area contributed by atoms with Crippen molar-refractivity contribution in [3.63, 3.8) is 0 Å². The van der Waals surface area contributed by atoms with Crippen molar-refractivity contribution >= 4 is 17.7 Å². The molecule has 2 saturated heterocycles. The van der Waals surface area contributed by atoms with Crippen LogP contribution in [0, 0.1) is 0 Å². The summed E-state index contributed by atoms with van der Waals surface area (Å²) in [5.41, 5.74) is -0.146. The Morgan fingerprint density at radius 1 is 1.09 bits per heavy atom. The maximum absolute atomic E-state index is 12.7. The zero-order valence-electron chi connectivity index (χ0n) is 13.0. The molecule has 0 aromatic heterocycles. The van der Waals surface area contributed by atoms with E-state index in [0.29, 0.717) is 19.8 Å². The predicted molar refractivity (Wildman–Crippen MR) is 78.9 cm³/mol. The molecule has 3 fully saturated rings. The van der Waals surface area contributed by atoms with Crippen molar-refractivity contribution in [3.8, 4) is 0 Å². The molecule has 0 aromatic carbocycles. The van der Waals surface area contributed by atoms with Crippen molar-refractivity contribution < 1.29 is 19.1 Å². The Hall–Kier alpha value is -1.43. The number of ether oxygens (including phenoxy) is 1. The second kappa shape index (κ2) is 6.36. The van der Waals surface area contributed by atoms with Gasteiger partial charge in [0.1, 0.15) is 0 Å². The third-order valence-electron chi connectivity index (χ3n) is 5.19. The van der Waals surface area contributed by atoms with E-state index in [4.69, 9.17) is 4.74 Å². The van der Waals surface area contributed by atoms with Gasteiger partial charge in [-0.3, -0.25) is 19.3 Å². The van der Waals surface area contributed by atoms with Gasteiger partial charge in [-0.25, -0.2) is 0 Å². The Balaban J connectivity index is 1.62. The molecule has 0 unspecified atom stereocenters. The summed E-state index contributed by atoms with van der Waals surface area (Å²) in [6.45, 7) is 2.06. The summed E-state index contributed by atoms with van der Waals surface area (Å²) in [4.78, 5) is 39.1. The average Bonchev–Trinajstić information content (AvgIpc) is 2.85. The molecule has 3 amide bonds. The highest BCUT2D eigenvalue weighted by molar-refractivity contribution is 6.02. The summed E-state index contributed by atoms with van der Waals surface area (Å²) < 4.78 is 5.64. The molecule has 0 bridgehead atoms. The van der Waals surface area contributed by atoms with E-state index in [0.717, 1.165) is 25.7 Å². The van der Waals surface area contributed by atoms with Gasteiger partial charge in [0, 0.05) is 32.4 Å². The summed E-state index contributed by atoms with van der Waals surface area (Å²) in [6.07, 6.45) is 6.30. The summed E-state index contributed by atoms with van der Waals surface area (Å²) in [6, 6.07) is 0. The molecule has 2 aliphatic heterocycles. The predicted octanol–water partition coefficient (Wildman–Crippen LogP) is 1.09. The number of carbonyl (C=O) groups excluding carboxylic acids is 3. The van der Waals surface area contributed by atoms with Crippen LogP contribution in [0.3, 0.4) is 0 Å². The van der Waals surface area contributed by atoms with Crippen molar-refractivity contribution in [3.05, 3.63) is 0 Å². The van der Waals surface area contributed by atoms with Crippen LogP contribution in [0.2, 0.25) is 0 Å². The van der Waals surface area contributed by atoms with Gasteiger partial charge >= 0.3 is 0 Å². The Kier molecular flexibility index (Phi) is 4.47. The largest absolute Gasteiger partial charge is 0.377 e. The van der Waals surface area contributed by atoms with Gasteiger partial charge in [-0.15, -0.1) is 0 Å². The molecular formula is C16H24N2O4. The van der Waals surface area contributed by atoms with Crippen molar-refractivity contribution in [2.75, 3.05) is 26.3 Å². The summed E-state index contributed by atoms with van der Waals surface area (Å²) in [5.74, 6) is -0.239. The smallest absolute Gasteiger partial charge is 0.229 e. The quantitative estimate of drug-likeness (QED) is 0.732.